The van der Waals surface area contributed by atoms with Crippen LogP contribution < -0.4 is 0 Å². The third-order valence-corrected chi connectivity index (χ3v) is 7.17. The van der Waals surface area contributed by atoms with Gasteiger partial charge in [0.15, 0.2) is 5.78 Å². The standard InChI is InChI=1S/C16H17NOS2/c1-10-11(2)20-15(9-19-10)16(18)14-8-17-7-12-5-3-4-6-13(12)14/h3-8,10-11,15H,9H2,1-2H3. The van der Waals surface area contributed by atoms with Crippen molar-refractivity contribution in [2.75, 3.05) is 5.75 Å². The molecule has 2 nitrogen and oxygen atoms in total. The van der Waals surface area contributed by atoms with E-state index in [0.717, 1.165) is 22.1 Å². The van der Waals surface area contributed by atoms with Gasteiger partial charge in [-0.25, -0.2) is 0 Å². The second-order valence-electron chi connectivity index (χ2n) is 5.14. The average Bonchev–Trinajstić information content (AvgIpc) is 2.49. The molecule has 3 unspecified atom stereocenters. The lowest BCUT2D eigenvalue weighted by molar-refractivity contribution is 0.0996. The number of benzene rings is 1. The van der Waals surface area contributed by atoms with Crippen molar-refractivity contribution in [3.05, 3.63) is 42.2 Å². The van der Waals surface area contributed by atoms with Gasteiger partial charge in [0.05, 0.1) is 5.25 Å². The fourth-order valence-corrected chi connectivity index (χ4v) is 5.28. The van der Waals surface area contributed by atoms with Crippen molar-refractivity contribution < 1.29 is 4.79 Å². The molecule has 2 aromatic rings. The Bertz CT molecular complexity index is 638. The van der Waals surface area contributed by atoms with Crippen molar-refractivity contribution in [2.24, 2.45) is 0 Å². The number of nitrogens with zero attached hydrogens (tertiary/aromatic N) is 1. The molecule has 0 bridgehead atoms. The van der Waals surface area contributed by atoms with Gasteiger partial charge in [0.25, 0.3) is 0 Å². The molecule has 0 radical (unpaired) electrons. The quantitative estimate of drug-likeness (QED) is 0.783. The van der Waals surface area contributed by atoms with E-state index in [-0.39, 0.29) is 11.0 Å². The minimum absolute atomic E-state index is 0.0545. The summed E-state index contributed by atoms with van der Waals surface area (Å²) < 4.78 is 0. The van der Waals surface area contributed by atoms with Crippen molar-refractivity contribution in [1.82, 2.24) is 4.98 Å². The van der Waals surface area contributed by atoms with Crippen LogP contribution in [0.5, 0.6) is 0 Å². The van der Waals surface area contributed by atoms with Crippen LogP contribution in [0.2, 0.25) is 0 Å². The molecule has 1 aromatic heterocycles. The van der Waals surface area contributed by atoms with Crippen LogP contribution >= 0.6 is 23.5 Å². The normalized spacial score (nSPS) is 26.6. The number of thioether (sulfide) groups is 2. The first kappa shape index (κ1) is 14.0. The third-order valence-electron chi connectivity index (χ3n) is 3.78. The molecule has 0 spiro atoms. The summed E-state index contributed by atoms with van der Waals surface area (Å²) in [6.45, 7) is 4.45. The topological polar surface area (TPSA) is 30.0 Å². The fourth-order valence-electron chi connectivity index (χ4n) is 2.41. The van der Waals surface area contributed by atoms with Crippen molar-refractivity contribution in [1.29, 1.82) is 0 Å². The highest BCUT2D eigenvalue weighted by molar-refractivity contribution is 8.08. The molecule has 1 saturated heterocycles. The lowest BCUT2D eigenvalue weighted by atomic mass is 10.0. The van der Waals surface area contributed by atoms with E-state index < -0.39 is 0 Å². The first-order valence-electron chi connectivity index (χ1n) is 6.81. The summed E-state index contributed by atoms with van der Waals surface area (Å²) in [6, 6.07) is 7.98. The van der Waals surface area contributed by atoms with Gasteiger partial charge in [-0.2, -0.15) is 11.8 Å². The number of pyridine rings is 1. The molecule has 104 valence electrons. The van der Waals surface area contributed by atoms with Crippen molar-refractivity contribution in [3.63, 3.8) is 0 Å². The maximum Gasteiger partial charge on any atom is 0.178 e. The number of hydrogen-bond donors (Lipinski definition) is 0. The number of carbonyl (C=O) groups is 1. The molecule has 0 saturated carbocycles. The minimum Gasteiger partial charge on any atom is -0.293 e. The van der Waals surface area contributed by atoms with Crippen LogP contribution in [0.1, 0.15) is 24.2 Å². The molecule has 1 fully saturated rings. The van der Waals surface area contributed by atoms with Gasteiger partial charge in [0.2, 0.25) is 0 Å². The maximum absolute atomic E-state index is 12.8. The Hall–Kier alpha value is -1.00. The predicted octanol–water partition coefficient (Wildman–Crippen LogP) is 4.04. The first-order chi connectivity index (χ1) is 9.66. The van der Waals surface area contributed by atoms with Crippen LogP contribution in [0.3, 0.4) is 0 Å². The summed E-state index contributed by atoms with van der Waals surface area (Å²) in [4.78, 5) is 17.0. The molecule has 4 heteroatoms. The highest BCUT2D eigenvalue weighted by atomic mass is 32.2. The summed E-state index contributed by atoms with van der Waals surface area (Å²) in [5, 5.41) is 3.25. The number of carbonyl (C=O) groups excluding carboxylic acids is 1. The Morgan fingerprint density at radius 3 is 2.80 bits per heavy atom. The van der Waals surface area contributed by atoms with E-state index in [1.54, 1.807) is 6.20 Å². The Morgan fingerprint density at radius 1 is 1.20 bits per heavy atom. The average molecular weight is 303 g/mol. The Morgan fingerprint density at radius 2 is 2.00 bits per heavy atom. The van der Waals surface area contributed by atoms with Gasteiger partial charge in [-0.15, -0.1) is 11.8 Å². The smallest absolute Gasteiger partial charge is 0.178 e. The van der Waals surface area contributed by atoms with E-state index in [4.69, 9.17) is 0 Å². The molecular weight excluding hydrogens is 286 g/mol. The van der Waals surface area contributed by atoms with Crippen LogP contribution in [-0.2, 0) is 0 Å². The van der Waals surface area contributed by atoms with Crippen molar-refractivity contribution in [3.8, 4) is 0 Å². The van der Waals surface area contributed by atoms with Gasteiger partial charge in [-0.3, -0.25) is 9.78 Å². The first-order valence-corrected chi connectivity index (χ1v) is 8.80. The zero-order valence-corrected chi connectivity index (χ0v) is 13.2. The Balaban J connectivity index is 1.93. The molecule has 20 heavy (non-hydrogen) atoms. The highest BCUT2D eigenvalue weighted by Crippen LogP contribution is 2.37. The molecule has 0 N–H and O–H groups in total. The molecule has 0 amide bonds. The van der Waals surface area contributed by atoms with Crippen LogP contribution in [0, 0.1) is 0 Å². The van der Waals surface area contributed by atoms with E-state index in [1.807, 2.05) is 54.0 Å². The lowest BCUT2D eigenvalue weighted by Crippen LogP contribution is -2.31. The number of hydrogen-bond acceptors (Lipinski definition) is 4. The van der Waals surface area contributed by atoms with E-state index in [1.165, 1.54) is 0 Å². The SMILES string of the molecule is CC1SCC(C(=O)c2cncc3ccccc23)SC1C. The minimum atomic E-state index is 0.0545. The van der Waals surface area contributed by atoms with Crippen molar-refractivity contribution >= 4 is 40.1 Å². The molecule has 1 aromatic carbocycles. The number of fused-ring (bicyclic) bond motifs is 1. The predicted molar refractivity (Wildman–Crippen MR) is 88.8 cm³/mol. The van der Waals surface area contributed by atoms with E-state index >= 15 is 0 Å². The van der Waals surface area contributed by atoms with Crippen LogP contribution in [0.25, 0.3) is 10.8 Å². The summed E-state index contributed by atoms with van der Waals surface area (Å²) in [7, 11) is 0. The second-order valence-corrected chi connectivity index (χ2v) is 8.14. The molecular formula is C16H17NOS2. The van der Waals surface area contributed by atoms with Crippen LogP contribution in [-0.4, -0.2) is 32.3 Å². The number of aromatic nitrogens is 1. The van der Waals surface area contributed by atoms with Crippen LogP contribution in [0.15, 0.2) is 36.7 Å². The third kappa shape index (κ3) is 2.59. The zero-order valence-electron chi connectivity index (χ0n) is 11.6. The Kier molecular flexibility index (Phi) is 4.03. The van der Waals surface area contributed by atoms with Gasteiger partial charge >= 0.3 is 0 Å². The number of rotatable bonds is 2. The van der Waals surface area contributed by atoms with E-state index in [2.05, 4.69) is 18.8 Å². The maximum atomic E-state index is 12.8. The molecule has 1 aliphatic heterocycles. The molecule has 2 heterocycles. The summed E-state index contributed by atoms with van der Waals surface area (Å²) >= 11 is 3.71. The fraction of sp³-hybridized carbons (Fsp3) is 0.375. The van der Waals surface area contributed by atoms with Crippen LogP contribution in [0.4, 0.5) is 0 Å². The van der Waals surface area contributed by atoms with Gasteiger partial charge in [-0.1, -0.05) is 38.1 Å². The lowest BCUT2D eigenvalue weighted by Gasteiger charge is -2.30. The molecule has 3 rings (SSSR count). The summed E-state index contributed by atoms with van der Waals surface area (Å²) in [6.07, 6.45) is 3.54. The largest absolute Gasteiger partial charge is 0.293 e. The van der Waals surface area contributed by atoms with E-state index in [0.29, 0.717) is 10.5 Å². The van der Waals surface area contributed by atoms with E-state index in [9.17, 15) is 4.79 Å². The summed E-state index contributed by atoms with van der Waals surface area (Å²) in [5.41, 5.74) is 0.767. The number of ketones is 1. The van der Waals surface area contributed by atoms with Gasteiger partial charge in [-0.05, 0) is 5.39 Å². The number of Topliss-reactive ketones (excluding diaryl/α,β-unsaturated/α-hetero) is 1. The summed E-state index contributed by atoms with van der Waals surface area (Å²) in [5.74, 6) is 1.13. The monoisotopic (exact) mass is 303 g/mol. The molecule has 1 aliphatic rings. The second kappa shape index (κ2) is 5.78. The molecule has 0 aliphatic carbocycles. The zero-order chi connectivity index (χ0) is 14.1. The van der Waals surface area contributed by atoms with Gasteiger partial charge in [0.1, 0.15) is 0 Å². The Labute approximate surface area is 127 Å². The van der Waals surface area contributed by atoms with Crippen molar-refractivity contribution in [2.45, 2.75) is 29.6 Å². The molecule has 3 atom stereocenters. The van der Waals surface area contributed by atoms with Gasteiger partial charge < -0.3 is 0 Å². The van der Waals surface area contributed by atoms with Gasteiger partial charge in [0, 0.05) is 39.6 Å². The highest BCUT2D eigenvalue weighted by Gasteiger charge is 2.31.